The predicted molar refractivity (Wildman–Crippen MR) is 75.3 cm³/mol. The van der Waals surface area contributed by atoms with Gasteiger partial charge >= 0.3 is 5.97 Å². The molecule has 2 N–H and O–H groups in total. The Morgan fingerprint density at radius 2 is 2.10 bits per heavy atom. The van der Waals surface area contributed by atoms with E-state index in [9.17, 15) is 13.2 Å². The molecular weight excluding hydrogens is 278 g/mol. The highest BCUT2D eigenvalue weighted by molar-refractivity contribution is 7.89. The average molecular weight is 297 g/mol. The van der Waals surface area contributed by atoms with Gasteiger partial charge in [0.1, 0.15) is 0 Å². The van der Waals surface area contributed by atoms with Gasteiger partial charge in [0.15, 0.2) is 0 Å². The number of aryl methyl sites for hydroxylation is 1. The van der Waals surface area contributed by atoms with Gasteiger partial charge in [-0.25, -0.2) is 17.9 Å². The van der Waals surface area contributed by atoms with Crippen molar-refractivity contribution in [1.29, 1.82) is 0 Å². The highest BCUT2D eigenvalue weighted by atomic mass is 32.2. The molecule has 0 radical (unpaired) electrons. The lowest BCUT2D eigenvalue weighted by Gasteiger charge is -2.15. The van der Waals surface area contributed by atoms with Crippen LogP contribution in [0.5, 0.6) is 0 Å². The van der Waals surface area contributed by atoms with Crippen LogP contribution in [0, 0.1) is 12.8 Å². The van der Waals surface area contributed by atoms with Crippen molar-refractivity contribution in [2.45, 2.75) is 44.0 Å². The fourth-order valence-corrected chi connectivity index (χ4v) is 3.78. The molecule has 0 saturated heterocycles. The Hall–Kier alpha value is -1.40. The molecule has 5 nitrogen and oxygen atoms in total. The van der Waals surface area contributed by atoms with Gasteiger partial charge in [0, 0.05) is 6.04 Å². The summed E-state index contributed by atoms with van der Waals surface area (Å²) in [4.78, 5) is 11.0. The molecule has 2 rings (SSSR count). The lowest BCUT2D eigenvalue weighted by atomic mass is 10.1. The Kier molecular flexibility index (Phi) is 4.15. The summed E-state index contributed by atoms with van der Waals surface area (Å²) in [6.45, 7) is 3.50. The van der Waals surface area contributed by atoms with Gasteiger partial charge < -0.3 is 5.11 Å². The Morgan fingerprint density at radius 1 is 1.45 bits per heavy atom. The fourth-order valence-electron chi connectivity index (χ4n) is 2.25. The first-order valence-corrected chi connectivity index (χ1v) is 8.14. The van der Waals surface area contributed by atoms with E-state index in [-0.39, 0.29) is 16.5 Å². The van der Waals surface area contributed by atoms with E-state index < -0.39 is 16.0 Å². The van der Waals surface area contributed by atoms with E-state index in [1.165, 1.54) is 31.0 Å². The number of sulfonamides is 1. The van der Waals surface area contributed by atoms with Crippen molar-refractivity contribution in [3.8, 4) is 0 Å². The molecule has 1 fully saturated rings. The normalized spacial score (nSPS) is 16.9. The van der Waals surface area contributed by atoms with Gasteiger partial charge in [0.2, 0.25) is 10.0 Å². The maximum absolute atomic E-state index is 12.3. The SMILES string of the molecule is Cc1ccc(C(=O)O)cc1S(=O)(=O)NC(C)CC1CC1. The first-order valence-electron chi connectivity index (χ1n) is 6.66. The molecule has 0 bridgehead atoms. The molecule has 20 heavy (non-hydrogen) atoms. The van der Waals surface area contributed by atoms with E-state index in [4.69, 9.17) is 5.11 Å². The van der Waals surface area contributed by atoms with Crippen LogP contribution in [0.1, 0.15) is 42.1 Å². The molecule has 0 aliphatic heterocycles. The van der Waals surface area contributed by atoms with Gasteiger partial charge in [-0.2, -0.15) is 0 Å². The smallest absolute Gasteiger partial charge is 0.335 e. The van der Waals surface area contributed by atoms with E-state index in [1.807, 2.05) is 6.92 Å². The second-order valence-corrected chi connectivity index (χ2v) is 7.17. The minimum Gasteiger partial charge on any atom is -0.478 e. The quantitative estimate of drug-likeness (QED) is 0.843. The summed E-state index contributed by atoms with van der Waals surface area (Å²) in [6, 6.07) is 4.00. The molecule has 1 unspecified atom stereocenters. The second kappa shape index (κ2) is 5.54. The summed E-state index contributed by atoms with van der Waals surface area (Å²) in [5, 5.41) is 8.96. The number of hydrogen-bond acceptors (Lipinski definition) is 3. The summed E-state index contributed by atoms with van der Waals surface area (Å²) in [6.07, 6.45) is 3.16. The van der Waals surface area contributed by atoms with E-state index in [0.717, 1.165) is 6.42 Å². The maximum Gasteiger partial charge on any atom is 0.335 e. The van der Waals surface area contributed by atoms with Crippen LogP contribution in [0.3, 0.4) is 0 Å². The first kappa shape index (κ1) is 15.0. The Bertz CT molecular complexity index is 620. The van der Waals surface area contributed by atoms with Crippen molar-refractivity contribution >= 4 is 16.0 Å². The van der Waals surface area contributed by atoms with Crippen LogP contribution >= 0.6 is 0 Å². The molecule has 0 heterocycles. The fraction of sp³-hybridized carbons (Fsp3) is 0.500. The van der Waals surface area contributed by atoms with E-state index >= 15 is 0 Å². The van der Waals surface area contributed by atoms with E-state index in [0.29, 0.717) is 11.5 Å². The Balaban J connectivity index is 2.23. The molecule has 1 aliphatic rings. The lowest BCUT2D eigenvalue weighted by molar-refractivity contribution is 0.0696. The molecule has 1 aromatic carbocycles. The van der Waals surface area contributed by atoms with Crippen LogP contribution in [0.25, 0.3) is 0 Å². The molecule has 110 valence electrons. The number of carboxylic acids is 1. The zero-order valence-corrected chi connectivity index (χ0v) is 12.4. The molecule has 1 aliphatic carbocycles. The molecule has 0 amide bonds. The third kappa shape index (κ3) is 3.58. The van der Waals surface area contributed by atoms with Crippen LogP contribution in [0.4, 0.5) is 0 Å². The number of carbonyl (C=O) groups is 1. The molecule has 1 saturated carbocycles. The standard InChI is InChI=1S/C14H19NO4S/c1-9-3-6-12(14(16)17)8-13(9)20(18,19)15-10(2)7-11-4-5-11/h3,6,8,10-11,15H,4-5,7H2,1-2H3,(H,16,17). The van der Waals surface area contributed by atoms with Gasteiger partial charge in [-0.3, -0.25) is 0 Å². The minimum absolute atomic E-state index is 0.0224. The lowest BCUT2D eigenvalue weighted by Crippen LogP contribution is -2.33. The summed E-state index contributed by atoms with van der Waals surface area (Å²) < 4.78 is 27.3. The molecule has 6 heteroatoms. The number of nitrogens with one attached hydrogen (secondary N) is 1. The van der Waals surface area contributed by atoms with E-state index in [1.54, 1.807) is 6.92 Å². The van der Waals surface area contributed by atoms with Crippen LogP contribution in [-0.2, 0) is 10.0 Å². The molecule has 0 spiro atoms. The van der Waals surface area contributed by atoms with Crippen molar-refractivity contribution in [3.63, 3.8) is 0 Å². The first-order chi connectivity index (χ1) is 9.29. The topological polar surface area (TPSA) is 83.5 Å². The molecular formula is C14H19NO4S. The molecule has 1 atom stereocenters. The van der Waals surface area contributed by atoms with Crippen molar-refractivity contribution in [2.75, 3.05) is 0 Å². The number of hydrogen-bond donors (Lipinski definition) is 2. The van der Waals surface area contributed by atoms with Crippen LogP contribution in [0.2, 0.25) is 0 Å². The van der Waals surface area contributed by atoms with Gasteiger partial charge in [-0.05, 0) is 43.9 Å². The zero-order valence-electron chi connectivity index (χ0n) is 11.6. The summed E-state index contributed by atoms with van der Waals surface area (Å²) in [5.41, 5.74) is 0.520. The monoisotopic (exact) mass is 297 g/mol. The highest BCUT2D eigenvalue weighted by Gasteiger charge is 2.27. The Labute approximate surface area is 119 Å². The third-order valence-electron chi connectivity index (χ3n) is 3.46. The zero-order chi connectivity index (χ0) is 14.9. The maximum atomic E-state index is 12.3. The summed E-state index contributed by atoms with van der Waals surface area (Å²) >= 11 is 0. The predicted octanol–water partition coefficient (Wildman–Crippen LogP) is 2.16. The highest BCUT2D eigenvalue weighted by Crippen LogP contribution is 2.33. The number of aromatic carboxylic acids is 1. The van der Waals surface area contributed by atoms with Gasteiger partial charge in [0.05, 0.1) is 10.5 Å². The summed E-state index contributed by atoms with van der Waals surface area (Å²) in [7, 11) is -3.68. The third-order valence-corrected chi connectivity index (χ3v) is 5.20. The van der Waals surface area contributed by atoms with Crippen LogP contribution < -0.4 is 4.72 Å². The molecule has 0 aromatic heterocycles. The number of rotatable bonds is 6. The van der Waals surface area contributed by atoms with Gasteiger partial charge in [-0.15, -0.1) is 0 Å². The van der Waals surface area contributed by atoms with Gasteiger partial charge in [-0.1, -0.05) is 18.9 Å². The average Bonchev–Trinajstić information content (AvgIpc) is 3.11. The second-order valence-electron chi connectivity index (χ2n) is 5.49. The van der Waals surface area contributed by atoms with Crippen LogP contribution in [0.15, 0.2) is 23.1 Å². The van der Waals surface area contributed by atoms with Crippen molar-refractivity contribution < 1.29 is 18.3 Å². The van der Waals surface area contributed by atoms with Crippen LogP contribution in [-0.4, -0.2) is 25.5 Å². The number of benzene rings is 1. The van der Waals surface area contributed by atoms with E-state index in [2.05, 4.69) is 4.72 Å². The van der Waals surface area contributed by atoms with Gasteiger partial charge in [0.25, 0.3) is 0 Å². The molecule has 1 aromatic rings. The van der Waals surface area contributed by atoms with Crippen molar-refractivity contribution in [1.82, 2.24) is 4.72 Å². The van der Waals surface area contributed by atoms with Crippen molar-refractivity contribution in [3.05, 3.63) is 29.3 Å². The largest absolute Gasteiger partial charge is 0.478 e. The minimum atomic E-state index is -3.68. The number of carboxylic acid groups (broad SMARTS) is 1. The Morgan fingerprint density at radius 3 is 2.65 bits per heavy atom. The van der Waals surface area contributed by atoms with Crippen molar-refractivity contribution in [2.24, 2.45) is 5.92 Å². The summed E-state index contributed by atoms with van der Waals surface area (Å²) in [5.74, 6) is -0.508.